The van der Waals surface area contributed by atoms with Gasteiger partial charge in [-0.25, -0.2) is 0 Å². The predicted molar refractivity (Wildman–Crippen MR) is 81.8 cm³/mol. The molecule has 96 valence electrons. The largest absolute Gasteiger partial charge is 0.286 e. The lowest BCUT2D eigenvalue weighted by Crippen LogP contribution is -2.09. The van der Waals surface area contributed by atoms with Crippen LogP contribution in [0.5, 0.6) is 0 Å². The van der Waals surface area contributed by atoms with Gasteiger partial charge in [-0.05, 0) is 24.3 Å². The molecule has 3 nitrogen and oxygen atoms in total. The summed E-state index contributed by atoms with van der Waals surface area (Å²) in [6.45, 7) is 0. The molecule has 0 aliphatic carbocycles. The molecule has 1 N–H and O–H groups in total. The topological polar surface area (TPSA) is 41.5 Å². The Morgan fingerprint density at radius 1 is 1.05 bits per heavy atom. The van der Waals surface area contributed by atoms with Crippen LogP contribution in [-0.4, -0.2) is 11.0 Å². The summed E-state index contributed by atoms with van der Waals surface area (Å²) < 4.78 is 0.966. The Balaban J connectivity index is 2.07. The van der Waals surface area contributed by atoms with Crippen molar-refractivity contribution < 1.29 is 4.79 Å². The molecular weight excluding hydrogens is 328 g/mol. The fourth-order valence-corrected chi connectivity index (χ4v) is 1.81. The summed E-state index contributed by atoms with van der Waals surface area (Å²) in [5.74, 6) is -0.313. The molecular formula is C14H10BrClN2O. The van der Waals surface area contributed by atoms with Crippen LogP contribution in [0.2, 0.25) is 0 Å². The van der Waals surface area contributed by atoms with Gasteiger partial charge in [0.05, 0.1) is 5.69 Å². The number of nitrogens with zero attached hydrogens (tertiary/aromatic N) is 1. The van der Waals surface area contributed by atoms with E-state index in [1.165, 1.54) is 0 Å². The molecule has 2 aromatic carbocycles. The Labute approximate surface area is 124 Å². The number of nitrogens with one attached hydrogen (secondary N) is 1. The fourth-order valence-electron chi connectivity index (χ4n) is 1.40. The van der Waals surface area contributed by atoms with Crippen LogP contribution in [0.1, 0.15) is 10.4 Å². The van der Waals surface area contributed by atoms with Crippen molar-refractivity contribution in [2.45, 2.75) is 0 Å². The SMILES string of the molecule is O=C(C(Cl)=NNc1ccc(Br)cc1)c1ccccc1. The lowest BCUT2D eigenvalue weighted by atomic mass is 10.1. The number of ketones is 1. The average Bonchev–Trinajstić information content (AvgIpc) is 2.46. The van der Waals surface area contributed by atoms with Gasteiger partial charge < -0.3 is 0 Å². The fraction of sp³-hybridized carbons (Fsp3) is 0. The lowest BCUT2D eigenvalue weighted by Gasteiger charge is -2.02. The maximum atomic E-state index is 11.9. The van der Waals surface area contributed by atoms with Crippen LogP contribution in [0.15, 0.2) is 64.2 Å². The van der Waals surface area contributed by atoms with Gasteiger partial charge in [0.2, 0.25) is 5.78 Å². The molecule has 0 aliphatic heterocycles. The van der Waals surface area contributed by atoms with Crippen molar-refractivity contribution in [2.75, 3.05) is 5.43 Å². The number of carbonyl (C=O) groups is 1. The van der Waals surface area contributed by atoms with Crippen molar-refractivity contribution in [3.05, 3.63) is 64.6 Å². The first-order chi connectivity index (χ1) is 9.16. The first-order valence-corrected chi connectivity index (χ1v) is 6.68. The van der Waals surface area contributed by atoms with E-state index in [9.17, 15) is 4.79 Å². The normalized spacial score (nSPS) is 11.2. The molecule has 0 fully saturated rings. The monoisotopic (exact) mass is 336 g/mol. The number of benzene rings is 2. The third-order valence-electron chi connectivity index (χ3n) is 2.35. The van der Waals surface area contributed by atoms with E-state index in [0.29, 0.717) is 5.56 Å². The van der Waals surface area contributed by atoms with Crippen LogP contribution in [-0.2, 0) is 0 Å². The Morgan fingerprint density at radius 2 is 1.68 bits per heavy atom. The van der Waals surface area contributed by atoms with Crippen molar-refractivity contribution in [3.63, 3.8) is 0 Å². The quantitative estimate of drug-likeness (QED) is 0.513. The van der Waals surface area contributed by atoms with Gasteiger partial charge in [0.25, 0.3) is 0 Å². The highest BCUT2D eigenvalue weighted by molar-refractivity contribution is 9.10. The minimum atomic E-state index is -0.313. The van der Waals surface area contributed by atoms with Crippen molar-refractivity contribution in [1.82, 2.24) is 0 Å². The third-order valence-corrected chi connectivity index (χ3v) is 3.14. The second kappa shape index (κ2) is 6.50. The minimum absolute atomic E-state index is 0.103. The summed E-state index contributed by atoms with van der Waals surface area (Å²) in [4.78, 5) is 11.9. The van der Waals surface area contributed by atoms with Crippen LogP contribution >= 0.6 is 27.5 Å². The maximum absolute atomic E-state index is 11.9. The molecule has 2 rings (SSSR count). The summed E-state index contributed by atoms with van der Waals surface area (Å²) in [7, 11) is 0. The Kier molecular flexibility index (Phi) is 4.71. The predicted octanol–water partition coefficient (Wildman–Crippen LogP) is 4.30. The summed E-state index contributed by atoms with van der Waals surface area (Å²) >= 11 is 9.21. The maximum Gasteiger partial charge on any atom is 0.224 e. The zero-order chi connectivity index (χ0) is 13.7. The highest BCUT2D eigenvalue weighted by Gasteiger charge is 2.10. The van der Waals surface area contributed by atoms with Gasteiger partial charge in [-0.2, -0.15) is 5.10 Å². The molecule has 0 unspecified atom stereocenters. The molecule has 0 saturated carbocycles. The van der Waals surface area contributed by atoms with E-state index in [2.05, 4.69) is 26.5 Å². The molecule has 0 heterocycles. The number of hydrogen-bond acceptors (Lipinski definition) is 3. The molecule has 5 heteroatoms. The first kappa shape index (κ1) is 13.8. The molecule has 0 spiro atoms. The number of Topliss-reactive ketones (excluding diaryl/α,β-unsaturated/α-hetero) is 1. The van der Waals surface area contributed by atoms with Gasteiger partial charge in [-0.1, -0.05) is 57.9 Å². The van der Waals surface area contributed by atoms with Crippen molar-refractivity contribution in [3.8, 4) is 0 Å². The van der Waals surface area contributed by atoms with E-state index in [0.717, 1.165) is 10.2 Å². The molecule has 0 radical (unpaired) electrons. The van der Waals surface area contributed by atoms with Gasteiger partial charge in [0.15, 0.2) is 5.17 Å². The number of hydrazone groups is 1. The number of rotatable bonds is 4. The number of anilines is 1. The summed E-state index contributed by atoms with van der Waals surface area (Å²) in [6, 6.07) is 16.2. The standard InChI is InChI=1S/C14H10BrClN2O/c15-11-6-8-12(9-7-11)17-18-14(16)13(19)10-4-2-1-3-5-10/h1-9,17H. The van der Waals surface area contributed by atoms with Crippen LogP contribution in [0, 0.1) is 0 Å². The van der Waals surface area contributed by atoms with Crippen LogP contribution in [0.25, 0.3) is 0 Å². The van der Waals surface area contributed by atoms with E-state index in [-0.39, 0.29) is 11.0 Å². The summed E-state index contributed by atoms with van der Waals surface area (Å²) in [5.41, 5.74) is 4.00. The van der Waals surface area contributed by atoms with Crippen LogP contribution in [0.4, 0.5) is 5.69 Å². The third kappa shape index (κ3) is 3.91. The highest BCUT2D eigenvalue weighted by Crippen LogP contribution is 2.14. The van der Waals surface area contributed by atoms with Gasteiger partial charge in [0.1, 0.15) is 0 Å². The Bertz CT molecular complexity index is 597. The summed E-state index contributed by atoms with van der Waals surface area (Å²) in [5, 5.41) is 3.76. The molecule has 19 heavy (non-hydrogen) atoms. The summed E-state index contributed by atoms with van der Waals surface area (Å²) in [6.07, 6.45) is 0. The second-order valence-electron chi connectivity index (χ2n) is 3.72. The van der Waals surface area contributed by atoms with Crippen molar-refractivity contribution >= 4 is 44.2 Å². The molecule has 0 atom stereocenters. The van der Waals surface area contributed by atoms with Crippen LogP contribution < -0.4 is 5.43 Å². The molecule has 2 aromatic rings. The van der Waals surface area contributed by atoms with Gasteiger partial charge in [-0.15, -0.1) is 0 Å². The Hall–Kier alpha value is -1.65. The Morgan fingerprint density at radius 3 is 2.32 bits per heavy atom. The van der Waals surface area contributed by atoms with E-state index in [1.807, 2.05) is 30.3 Å². The van der Waals surface area contributed by atoms with E-state index in [1.54, 1.807) is 24.3 Å². The van der Waals surface area contributed by atoms with E-state index >= 15 is 0 Å². The smallest absolute Gasteiger partial charge is 0.224 e. The molecule has 0 amide bonds. The van der Waals surface area contributed by atoms with Gasteiger partial charge >= 0.3 is 0 Å². The number of halogens is 2. The van der Waals surface area contributed by atoms with Crippen LogP contribution in [0.3, 0.4) is 0 Å². The number of hydrogen-bond donors (Lipinski definition) is 1. The van der Waals surface area contributed by atoms with Crippen molar-refractivity contribution in [2.24, 2.45) is 5.10 Å². The van der Waals surface area contributed by atoms with E-state index in [4.69, 9.17) is 11.6 Å². The van der Waals surface area contributed by atoms with Gasteiger partial charge in [-0.3, -0.25) is 10.2 Å². The average molecular weight is 338 g/mol. The number of carbonyl (C=O) groups excluding carboxylic acids is 1. The molecule has 0 aliphatic rings. The minimum Gasteiger partial charge on any atom is -0.286 e. The molecule has 0 aromatic heterocycles. The van der Waals surface area contributed by atoms with E-state index < -0.39 is 0 Å². The van der Waals surface area contributed by atoms with Gasteiger partial charge in [0, 0.05) is 10.0 Å². The zero-order valence-electron chi connectivity index (χ0n) is 9.81. The molecule has 0 bridgehead atoms. The molecule has 0 saturated heterocycles. The highest BCUT2D eigenvalue weighted by atomic mass is 79.9. The van der Waals surface area contributed by atoms with Crippen molar-refractivity contribution in [1.29, 1.82) is 0 Å². The zero-order valence-corrected chi connectivity index (χ0v) is 12.1. The lowest BCUT2D eigenvalue weighted by molar-refractivity contribution is 0.106. The second-order valence-corrected chi connectivity index (χ2v) is 4.99. The first-order valence-electron chi connectivity index (χ1n) is 5.51.